The van der Waals surface area contributed by atoms with Crippen LogP contribution >= 0.6 is 11.3 Å². The predicted octanol–water partition coefficient (Wildman–Crippen LogP) is 17.0. The Balaban J connectivity index is 1.00. The maximum atomic E-state index is 2.42. The number of thiophene rings is 1. The molecule has 0 fully saturated rings. The molecular formula is C58H39NS. The van der Waals surface area contributed by atoms with Gasteiger partial charge in [-0.1, -0.05) is 194 Å². The van der Waals surface area contributed by atoms with Crippen LogP contribution in [0.2, 0.25) is 0 Å². The zero-order valence-electron chi connectivity index (χ0n) is 32.9. The zero-order valence-corrected chi connectivity index (χ0v) is 33.7. The Morgan fingerprint density at radius 3 is 1.50 bits per heavy atom. The summed E-state index contributed by atoms with van der Waals surface area (Å²) in [5.74, 6) is 0. The standard InChI is InChI=1S/C58H39NS/c1-2-13-40(14-3-1)41-27-29-42(30-28-41)43-31-35-48(36-32-43)59(56-25-8-6-20-52(56)54-23-12-24-55-53-21-7-9-26-57(53)60-58(54)55)49-37-33-44(34-38-49)46-17-10-18-47(39-46)51-22-11-16-45-15-4-5-19-50(45)51/h1-39H. The van der Waals surface area contributed by atoms with Crippen molar-refractivity contribution in [2.75, 3.05) is 4.90 Å². The summed E-state index contributed by atoms with van der Waals surface area (Å²) in [5, 5.41) is 5.12. The van der Waals surface area contributed by atoms with Crippen LogP contribution in [-0.2, 0) is 0 Å². The highest BCUT2D eigenvalue weighted by Crippen LogP contribution is 2.46. The van der Waals surface area contributed by atoms with E-state index in [0.29, 0.717) is 0 Å². The van der Waals surface area contributed by atoms with Crippen LogP contribution in [-0.4, -0.2) is 0 Å². The summed E-state index contributed by atoms with van der Waals surface area (Å²) < 4.78 is 2.61. The van der Waals surface area contributed by atoms with Crippen molar-refractivity contribution in [3.63, 3.8) is 0 Å². The van der Waals surface area contributed by atoms with Crippen LogP contribution in [0, 0.1) is 0 Å². The van der Waals surface area contributed by atoms with E-state index in [1.807, 2.05) is 11.3 Å². The lowest BCUT2D eigenvalue weighted by atomic mass is 9.95. The molecule has 0 amide bonds. The molecular weight excluding hydrogens is 743 g/mol. The van der Waals surface area contributed by atoms with E-state index in [1.165, 1.54) is 86.6 Å². The molecule has 0 bridgehead atoms. The first-order chi connectivity index (χ1) is 29.7. The lowest BCUT2D eigenvalue weighted by Crippen LogP contribution is -2.11. The number of hydrogen-bond acceptors (Lipinski definition) is 2. The van der Waals surface area contributed by atoms with Gasteiger partial charge in [0.15, 0.2) is 0 Å². The van der Waals surface area contributed by atoms with E-state index >= 15 is 0 Å². The summed E-state index contributed by atoms with van der Waals surface area (Å²) in [6.45, 7) is 0. The molecule has 0 atom stereocenters. The van der Waals surface area contributed by atoms with E-state index in [9.17, 15) is 0 Å². The molecule has 0 spiro atoms. The predicted molar refractivity (Wildman–Crippen MR) is 259 cm³/mol. The average Bonchev–Trinajstić information content (AvgIpc) is 3.72. The summed E-state index contributed by atoms with van der Waals surface area (Å²) in [4.78, 5) is 2.42. The topological polar surface area (TPSA) is 3.24 Å². The van der Waals surface area contributed by atoms with Crippen molar-refractivity contribution in [3.8, 4) is 55.6 Å². The van der Waals surface area contributed by atoms with Crippen molar-refractivity contribution in [1.29, 1.82) is 0 Å². The number of fused-ring (bicyclic) bond motifs is 4. The van der Waals surface area contributed by atoms with Gasteiger partial charge in [-0.25, -0.2) is 0 Å². The maximum Gasteiger partial charge on any atom is 0.0540 e. The third kappa shape index (κ3) is 6.54. The van der Waals surface area contributed by atoms with Crippen LogP contribution < -0.4 is 4.90 Å². The van der Waals surface area contributed by atoms with Gasteiger partial charge in [-0.2, -0.15) is 0 Å². The molecule has 0 saturated carbocycles. The van der Waals surface area contributed by atoms with E-state index in [1.54, 1.807) is 0 Å². The molecule has 0 N–H and O–H groups in total. The van der Waals surface area contributed by atoms with Crippen LogP contribution in [0.1, 0.15) is 0 Å². The largest absolute Gasteiger partial charge is 0.310 e. The molecule has 282 valence electrons. The van der Waals surface area contributed by atoms with Crippen LogP contribution in [0.25, 0.3) is 86.6 Å². The van der Waals surface area contributed by atoms with Crippen molar-refractivity contribution < 1.29 is 0 Å². The van der Waals surface area contributed by atoms with Crippen LogP contribution in [0.3, 0.4) is 0 Å². The lowest BCUT2D eigenvalue weighted by molar-refractivity contribution is 1.28. The van der Waals surface area contributed by atoms with Crippen molar-refractivity contribution >= 4 is 59.3 Å². The van der Waals surface area contributed by atoms with Gasteiger partial charge in [0.1, 0.15) is 0 Å². The van der Waals surface area contributed by atoms with E-state index in [0.717, 1.165) is 17.1 Å². The molecule has 60 heavy (non-hydrogen) atoms. The van der Waals surface area contributed by atoms with Crippen molar-refractivity contribution in [2.24, 2.45) is 0 Å². The van der Waals surface area contributed by atoms with Crippen molar-refractivity contribution in [1.82, 2.24) is 0 Å². The third-order valence-corrected chi connectivity index (χ3v) is 12.9. The summed E-state index contributed by atoms with van der Waals surface area (Å²) in [6.07, 6.45) is 0. The highest BCUT2D eigenvalue weighted by molar-refractivity contribution is 7.26. The monoisotopic (exact) mass is 781 g/mol. The average molecular weight is 782 g/mol. The molecule has 0 aliphatic rings. The fourth-order valence-corrected chi connectivity index (χ4v) is 9.95. The summed E-state index contributed by atoms with van der Waals surface area (Å²) in [6, 6.07) is 86.0. The Morgan fingerprint density at radius 1 is 0.283 bits per heavy atom. The second kappa shape index (κ2) is 15.3. The molecule has 11 rings (SSSR count). The number of anilines is 3. The minimum Gasteiger partial charge on any atom is -0.310 e. The molecule has 0 aliphatic heterocycles. The highest BCUT2D eigenvalue weighted by Gasteiger charge is 2.20. The van der Waals surface area contributed by atoms with Gasteiger partial charge in [-0.05, 0) is 97.7 Å². The summed E-state index contributed by atoms with van der Waals surface area (Å²) in [5.41, 5.74) is 15.4. The number of nitrogens with zero attached hydrogens (tertiary/aromatic N) is 1. The molecule has 0 radical (unpaired) electrons. The first-order valence-electron chi connectivity index (χ1n) is 20.5. The molecule has 1 nitrogen and oxygen atoms in total. The van der Waals surface area contributed by atoms with E-state index in [-0.39, 0.29) is 0 Å². The summed E-state index contributed by atoms with van der Waals surface area (Å²) >= 11 is 1.88. The molecule has 1 aromatic heterocycles. The van der Waals surface area contributed by atoms with Gasteiger partial charge in [0.05, 0.1) is 5.69 Å². The first-order valence-corrected chi connectivity index (χ1v) is 21.3. The van der Waals surface area contributed by atoms with Gasteiger partial charge in [-0.3, -0.25) is 0 Å². The Bertz CT molecular complexity index is 3280. The second-order valence-corrected chi connectivity index (χ2v) is 16.3. The second-order valence-electron chi connectivity index (χ2n) is 15.3. The quantitative estimate of drug-likeness (QED) is 0.148. The van der Waals surface area contributed by atoms with Gasteiger partial charge < -0.3 is 4.90 Å². The molecule has 0 aliphatic carbocycles. The molecule has 2 heteroatoms. The van der Waals surface area contributed by atoms with E-state index in [2.05, 4.69) is 241 Å². The number of rotatable bonds is 8. The van der Waals surface area contributed by atoms with E-state index in [4.69, 9.17) is 0 Å². The minimum absolute atomic E-state index is 1.10. The smallest absolute Gasteiger partial charge is 0.0540 e. The number of para-hydroxylation sites is 1. The van der Waals surface area contributed by atoms with Gasteiger partial charge in [-0.15, -0.1) is 11.3 Å². The normalized spacial score (nSPS) is 11.3. The van der Waals surface area contributed by atoms with Gasteiger partial charge in [0.25, 0.3) is 0 Å². The van der Waals surface area contributed by atoms with Gasteiger partial charge >= 0.3 is 0 Å². The summed E-state index contributed by atoms with van der Waals surface area (Å²) in [7, 11) is 0. The lowest BCUT2D eigenvalue weighted by Gasteiger charge is -2.28. The molecule has 0 unspecified atom stereocenters. The highest BCUT2D eigenvalue weighted by atomic mass is 32.1. The molecule has 11 aromatic rings. The van der Waals surface area contributed by atoms with Gasteiger partial charge in [0.2, 0.25) is 0 Å². The van der Waals surface area contributed by atoms with E-state index < -0.39 is 0 Å². The number of hydrogen-bond donors (Lipinski definition) is 0. The van der Waals surface area contributed by atoms with Crippen LogP contribution in [0.4, 0.5) is 17.1 Å². The number of benzene rings is 10. The van der Waals surface area contributed by atoms with Gasteiger partial charge in [0, 0.05) is 42.7 Å². The fraction of sp³-hybridized carbons (Fsp3) is 0. The zero-order chi connectivity index (χ0) is 39.8. The molecule has 10 aromatic carbocycles. The van der Waals surface area contributed by atoms with Crippen LogP contribution in [0.15, 0.2) is 237 Å². The third-order valence-electron chi connectivity index (χ3n) is 11.7. The molecule has 1 heterocycles. The first kappa shape index (κ1) is 35.6. The Morgan fingerprint density at radius 2 is 0.750 bits per heavy atom. The Hall–Kier alpha value is -7.52. The maximum absolute atomic E-state index is 2.42. The Kier molecular flexibility index (Phi) is 9.11. The minimum atomic E-state index is 1.10. The SMILES string of the molecule is c1ccc(-c2ccc(-c3ccc(N(c4ccc(-c5cccc(-c6cccc7ccccc67)c5)cc4)c4ccccc4-c4cccc5c4sc4ccccc45)cc3)cc2)cc1. The van der Waals surface area contributed by atoms with Crippen molar-refractivity contribution in [2.45, 2.75) is 0 Å². The van der Waals surface area contributed by atoms with Crippen molar-refractivity contribution in [3.05, 3.63) is 237 Å². The van der Waals surface area contributed by atoms with Crippen LogP contribution in [0.5, 0.6) is 0 Å². The fourth-order valence-electron chi connectivity index (χ4n) is 8.72. The molecule has 0 saturated heterocycles. The Labute approximate surface area is 354 Å².